The van der Waals surface area contributed by atoms with Crippen LogP contribution in [0.1, 0.15) is 25.5 Å². The number of methoxy groups -OCH3 is 1. The van der Waals surface area contributed by atoms with Crippen LogP contribution in [0.4, 0.5) is 0 Å². The van der Waals surface area contributed by atoms with Gasteiger partial charge in [0.2, 0.25) is 0 Å². The predicted molar refractivity (Wildman–Crippen MR) is 62.4 cm³/mol. The Morgan fingerprint density at radius 1 is 1.13 bits per heavy atom. The van der Waals surface area contributed by atoms with Gasteiger partial charge in [-0.2, -0.15) is 0 Å². The van der Waals surface area contributed by atoms with Gasteiger partial charge in [0, 0.05) is 17.1 Å². The zero-order valence-electron chi connectivity index (χ0n) is 9.32. The highest BCUT2D eigenvalue weighted by Crippen LogP contribution is 2.21. The van der Waals surface area contributed by atoms with Crippen molar-refractivity contribution in [2.45, 2.75) is 19.8 Å². The number of hydrogen-bond donors (Lipinski definition) is 0. The molecule has 0 saturated carbocycles. The zero-order chi connectivity index (χ0) is 10.8. The lowest BCUT2D eigenvalue weighted by Crippen LogP contribution is -1.92. The largest absolute Gasteiger partial charge is 0.497 e. The van der Waals surface area contributed by atoms with Crippen molar-refractivity contribution in [3.8, 4) is 5.75 Å². The average molecular weight is 201 g/mol. The Bertz CT molecular complexity index is 477. The van der Waals surface area contributed by atoms with Crippen LogP contribution in [0.15, 0.2) is 30.3 Å². The Morgan fingerprint density at radius 3 is 2.53 bits per heavy atom. The summed E-state index contributed by atoms with van der Waals surface area (Å²) in [5.41, 5.74) is 2.12. The van der Waals surface area contributed by atoms with Crippen LogP contribution in [0, 0.1) is 0 Å². The van der Waals surface area contributed by atoms with Crippen LogP contribution in [-0.2, 0) is 0 Å². The van der Waals surface area contributed by atoms with Gasteiger partial charge in [-0.1, -0.05) is 19.9 Å². The molecule has 1 heterocycles. The fourth-order valence-corrected chi connectivity index (χ4v) is 1.56. The minimum absolute atomic E-state index is 0.459. The third-order valence-electron chi connectivity index (χ3n) is 2.51. The highest BCUT2D eigenvalue weighted by molar-refractivity contribution is 5.80. The van der Waals surface area contributed by atoms with Crippen LogP contribution in [0.5, 0.6) is 5.75 Å². The maximum Gasteiger partial charge on any atom is 0.121 e. The monoisotopic (exact) mass is 201 g/mol. The second kappa shape index (κ2) is 3.89. The van der Waals surface area contributed by atoms with E-state index in [-0.39, 0.29) is 0 Å². The Morgan fingerprint density at radius 2 is 1.87 bits per heavy atom. The van der Waals surface area contributed by atoms with Crippen molar-refractivity contribution in [2.75, 3.05) is 7.11 Å². The van der Waals surface area contributed by atoms with Gasteiger partial charge in [0.15, 0.2) is 0 Å². The van der Waals surface area contributed by atoms with Crippen LogP contribution in [0.25, 0.3) is 10.9 Å². The molecule has 0 fully saturated rings. The molecule has 2 heteroatoms. The van der Waals surface area contributed by atoms with Gasteiger partial charge in [0.25, 0.3) is 0 Å². The highest BCUT2D eigenvalue weighted by Gasteiger charge is 2.03. The van der Waals surface area contributed by atoms with E-state index in [2.05, 4.69) is 31.0 Å². The molecule has 0 aliphatic rings. The van der Waals surface area contributed by atoms with Gasteiger partial charge in [0.05, 0.1) is 12.6 Å². The molecule has 0 radical (unpaired) electrons. The van der Waals surface area contributed by atoms with Gasteiger partial charge in [-0.3, -0.25) is 4.98 Å². The van der Waals surface area contributed by atoms with Crippen LogP contribution in [0.2, 0.25) is 0 Å². The Labute approximate surface area is 89.9 Å². The number of ether oxygens (including phenoxy) is 1. The molecule has 0 spiro atoms. The van der Waals surface area contributed by atoms with Crippen molar-refractivity contribution in [1.29, 1.82) is 0 Å². The minimum Gasteiger partial charge on any atom is -0.497 e. The number of aromatic nitrogens is 1. The standard InChI is InChI=1S/C13H15NO/c1-9(2)12-7-5-10-4-6-11(15-3)8-13(10)14-12/h4-9H,1-3H3. The van der Waals surface area contributed by atoms with Gasteiger partial charge in [-0.25, -0.2) is 0 Å². The number of benzene rings is 1. The van der Waals surface area contributed by atoms with Crippen molar-refractivity contribution >= 4 is 10.9 Å². The van der Waals surface area contributed by atoms with Crippen LogP contribution < -0.4 is 4.74 Å². The lowest BCUT2D eigenvalue weighted by Gasteiger charge is -2.06. The molecule has 0 N–H and O–H groups in total. The number of pyridine rings is 1. The zero-order valence-corrected chi connectivity index (χ0v) is 9.32. The Hall–Kier alpha value is -1.57. The van der Waals surface area contributed by atoms with E-state index in [1.807, 2.05) is 18.2 Å². The van der Waals surface area contributed by atoms with Gasteiger partial charge in [-0.15, -0.1) is 0 Å². The van der Waals surface area contributed by atoms with Crippen molar-refractivity contribution in [3.05, 3.63) is 36.0 Å². The Kier molecular flexibility index (Phi) is 2.58. The molecule has 15 heavy (non-hydrogen) atoms. The van der Waals surface area contributed by atoms with Crippen molar-refractivity contribution < 1.29 is 4.74 Å². The van der Waals surface area contributed by atoms with E-state index in [9.17, 15) is 0 Å². The molecule has 2 rings (SSSR count). The second-order valence-electron chi connectivity index (χ2n) is 3.95. The smallest absolute Gasteiger partial charge is 0.121 e. The molecule has 2 nitrogen and oxygen atoms in total. The molecule has 0 aliphatic carbocycles. The van der Waals surface area contributed by atoms with E-state index in [1.165, 1.54) is 0 Å². The lowest BCUT2D eigenvalue weighted by molar-refractivity contribution is 0.415. The normalized spacial score (nSPS) is 10.9. The van der Waals surface area contributed by atoms with Crippen molar-refractivity contribution in [3.63, 3.8) is 0 Å². The number of hydrogen-bond acceptors (Lipinski definition) is 2. The second-order valence-corrected chi connectivity index (χ2v) is 3.95. The van der Waals surface area contributed by atoms with Crippen molar-refractivity contribution in [1.82, 2.24) is 4.98 Å². The summed E-state index contributed by atoms with van der Waals surface area (Å²) >= 11 is 0. The fraction of sp³-hybridized carbons (Fsp3) is 0.308. The molecular weight excluding hydrogens is 186 g/mol. The molecule has 0 bridgehead atoms. The number of fused-ring (bicyclic) bond motifs is 1. The van der Waals surface area contributed by atoms with Crippen LogP contribution >= 0.6 is 0 Å². The van der Waals surface area contributed by atoms with E-state index in [0.717, 1.165) is 22.3 Å². The predicted octanol–water partition coefficient (Wildman–Crippen LogP) is 3.37. The summed E-state index contributed by atoms with van der Waals surface area (Å²) in [6, 6.07) is 10.2. The Balaban J connectivity index is 2.57. The summed E-state index contributed by atoms with van der Waals surface area (Å²) < 4.78 is 5.18. The van der Waals surface area contributed by atoms with E-state index in [1.54, 1.807) is 7.11 Å². The molecule has 0 atom stereocenters. The van der Waals surface area contributed by atoms with E-state index in [4.69, 9.17) is 4.74 Å². The van der Waals surface area contributed by atoms with E-state index >= 15 is 0 Å². The molecule has 0 amide bonds. The first-order chi connectivity index (χ1) is 7.20. The average Bonchev–Trinajstić information content (AvgIpc) is 2.27. The maximum absolute atomic E-state index is 5.18. The van der Waals surface area contributed by atoms with Crippen molar-refractivity contribution in [2.24, 2.45) is 0 Å². The first-order valence-corrected chi connectivity index (χ1v) is 5.15. The summed E-state index contributed by atoms with van der Waals surface area (Å²) in [4.78, 5) is 4.60. The minimum atomic E-state index is 0.459. The van der Waals surface area contributed by atoms with Gasteiger partial charge >= 0.3 is 0 Å². The summed E-state index contributed by atoms with van der Waals surface area (Å²) in [6.45, 7) is 4.29. The first kappa shape index (κ1) is 9.97. The van der Waals surface area contributed by atoms with Gasteiger partial charge in [0.1, 0.15) is 5.75 Å². The fourth-order valence-electron chi connectivity index (χ4n) is 1.56. The van der Waals surface area contributed by atoms with Gasteiger partial charge in [-0.05, 0) is 24.1 Å². The number of rotatable bonds is 2. The molecular formula is C13H15NO. The summed E-state index contributed by atoms with van der Waals surface area (Å²) in [6.07, 6.45) is 0. The molecule has 2 aromatic rings. The summed E-state index contributed by atoms with van der Waals surface area (Å²) in [5, 5.41) is 1.15. The third kappa shape index (κ3) is 1.94. The third-order valence-corrected chi connectivity index (χ3v) is 2.51. The van der Waals surface area contributed by atoms with Crippen LogP contribution in [0.3, 0.4) is 0 Å². The SMILES string of the molecule is COc1ccc2ccc(C(C)C)nc2c1. The van der Waals surface area contributed by atoms with E-state index < -0.39 is 0 Å². The molecule has 1 aromatic heterocycles. The first-order valence-electron chi connectivity index (χ1n) is 5.15. The summed E-state index contributed by atoms with van der Waals surface area (Å²) in [5.74, 6) is 1.32. The van der Waals surface area contributed by atoms with Gasteiger partial charge < -0.3 is 4.74 Å². The molecule has 1 aromatic carbocycles. The molecule has 0 aliphatic heterocycles. The number of nitrogens with zero attached hydrogens (tertiary/aromatic N) is 1. The van der Waals surface area contributed by atoms with Crippen LogP contribution in [-0.4, -0.2) is 12.1 Å². The summed E-state index contributed by atoms with van der Waals surface area (Å²) in [7, 11) is 1.67. The molecule has 0 unspecified atom stereocenters. The molecule has 78 valence electrons. The highest BCUT2D eigenvalue weighted by atomic mass is 16.5. The lowest BCUT2D eigenvalue weighted by atomic mass is 10.1. The van der Waals surface area contributed by atoms with E-state index in [0.29, 0.717) is 5.92 Å². The quantitative estimate of drug-likeness (QED) is 0.743. The molecule has 0 saturated heterocycles. The topological polar surface area (TPSA) is 22.1 Å². The maximum atomic E-state index is 5.18.